The molecule has 0 rings (SSSR count). The molecule has 0 saturated heterocycles. The van der Waals surface area contributed by atoms with E-state index in [9.17, 15) is 4.39 Å². The average molecular weight is 90.1 g/mol. The van der Waals surface area contributed by atoms with Crippen LogP contribution in [0.3, 0.4) is 0 Å². The van der Waals surface area contributed by atoms with Gasteiger partial charge < -0.3 is 11.1 Å². The van der Waals surface area contributed by atoms with E-state index in [4.69, 9.17) is 11.1 Å². The summed E-state index contributed by atoms with van der Waals surface area (Å²) in [6, 6.07) is 0. The van der Waals surface area contributed by atoms with Crippen LogP contribution in [0.1, 0.15) is 0 Å². The lowest BCUT2D eigenvalue weighted by Crippen LogP contribution is -2.15. The van der Waals surface area contributed by atoms with Gasteiger partial charge >= 0.3 is 0 Å². The van der Waals surface area contributed by atoms with Gasteiger partial charge in [0.25, 0.3) is 0 Å². The van der Waals surface area contributed by atoms with E-state index in [0.717, 1.165) is 0 Å². The summed E-state index contributed by atoms with van der Waals surface area (Å²) in [6.07, 6.45) is -0.565. The van der Waals surface area contributed by atoms with Crippen molar-refractivity contribution in [1.29, 1.82) is 5.41 Å². The van der Waals surface area contributed by atoms with Gasteiger partial charge in [0.1, 0.15) is 6.17 Å². The number of nitrogens with one attached hydrogen (secondary N) is 1. The molecule has 0 unspecified atom stereocenters. The van der Waals surface area contributed by atoms with Gasteiger partial charge in [-0.1, -0.05) is 0 Å². The molecule has 0 aliphatic rings. The summed E-state index contributed by atoms with van der Waals surface area (Å²) < 4.78 is 11.5. The van der Waals surface area contributed by atoms with Crippen molar-refractivity contribution >= 4 is 6.21 Å². The van der Waals surface area contributed by atoms with E-state index >= 15 is 0 Å². The molecule has 0 radical (unpaired) electrons. The van der Waals surface area contributed by atoms with Crippen molar-refractivity contribution in [2.45, 2.75) is 6.17 Å². The molecular formula is C3H7FN2. The molecule has 0 heterocycles. The third kappa shape index (κ3) is 1.84. The fraction of sp³-hybridized carbons (Fsp3) is 0.667. The molecule has 0 spiro atoms. The minimum absolute atomic E-state index is 0.0799. The number of nitrogens with two attached hydrogens (primary N) is 1. The fourth-order valence-corrected chi connectivity index (χ4v) is 0.0680. The van der Waals surface area contributed by atoms with E-state index in [1.165, 1.54) is 0 Å². The number of halogens is 1. The second-order valence-corrected chi connectivity index (χ2v) is 0.918. The Bertz CT molecular complexity index is 46.1. The first-order chi connectivity index (χ1) is 2.81. The van der Waals surface area contributed by atoms with E-state index in [1.807, 2.05) is 0 Å². The molecule has 0 aromatic rings. The number of hydrogen-bond acceptors (Lipinski definition) is 2. The Morgan fingerprint density at radius 2 is 2.50 bits per heavy atom. The molecule has 6 heavy (non-hydrogen) atoms. The predicted molar refractivity (Wildman–Crippen MR) is 22.7 cm³/mol. The molecule has 0 aliphatic carbocycles. The molecule has 0 aliphatic heterocycles. The first kappa shape index (κ1) is 5.56. The lowest BCUT2D eigenvalue weighted by atomic mass is 10.4. The summed E-state index contributed by atoms with van der Waals surface area (Å²) in [4.78, 5) is 0. The smallest absolute Gasteiger partial charge is 0.147 e. The van der Waals surface area contributed by atoms with Crippen LogP contribution in [-0.2, 0) is 0 Å². The molecule has 3 heteroatoms. The second kappa shape index (κ2) is 2.78. The third-order valence-electron chi connectivity index (χ3n) is 0.406. The Morgan fingerprint density at radius 1 is 2.00 bits per heavy atom. The summed E-state index contributed by atoms with van der Waals surface area (Å²) in [7, 11) is 0. The highest BCUT2D eigenvalue weighted by molar-refractivity contribution is 5.59. The van der Waals surface area contributed by atoms with Crippen LogP contribution in [0, 0.1) is 5.41 Å². The monoisotopic (exact) mass is 90.1 g/mol. The standard InChI is InChI=1S/C3H7FN2/c4-3(1-5)2-6/h1,3,5H,2,6H2/t3-/m1/s1. The topological polar surface area (TPSA) is 49.9 Å². The van der Waals surface area contributed by atoms with Gasteiger partial charge in [0, 0.05) is 12.8 Å². The van der Waals surface area contributed by atoms with E-state index in [-0.39, 0.29) is 6.54 Å². The Hall–Kier alpha value is -0.440. The molecule has 36 valence electrons. The number of alkyl halides is 1. The molecule has 0 aromatic heterocycles. The zero-order valence-corrected chi connectivity index (χ0v) is 3.32. The van der Waals surface area contributed by atoms with Gasteiger partial charge in [0.05, 0.1) is 0 Å². The Labute approximate surface area is 35.7 Å². The molecule has 0 bridgehead atoms. The first-order valence-corrected chi connectivity index (χ1v) is 1.66. The summed E-state index contributed by atoms with van der Waals surface area (Å²) in [6.45, 7) is -0.0799. The largest absolute Gasteiger partial charge is 0.327 e. The van der Waals surface area contributed by atoms with Crippen molar-refractivity contribution in [2.24, 2.45) is 5.73 Å². The van der Waals surface area contributed by atoms with Crippen LogP contribution in [0.25, 0.3) is 0 Å². The predicted octanol–water partition coefficient (Wildman–Crippen LogP) is -0.0672. The van der Waals surface area contributed by atoms with Gasteiger partial charge in [-0.3, -0.25) is 0 Å². The van der Waals surface area contributed by atoms with E-state index in [0.29, 0.717) is 6.21 Å². The molecule has 0 aromatic carbocycles. The van der Waals surface area contributed by atoms with Crippen LogP contribution in [0.4, 0.5) is 4.39 Å². The van der Waals surface area contributed by atoms with Crippen LogP contribution < -0.4 is 5.73 Å². The van der Waals surface area contributed by atoms with Gasteiger partial charge in [-0.25, -0.2) is 4.39 Å². The summed E-state index contributed by atoms with van der Waals surface area (Å²) >= 11 is 0. The quantitative estimate of drug-likeness (QED) is 0.458. The van der Waals surface area contributed by atoms with Crippen LogP contribution in [0.15, 0.2) is 0 Å². The zero-order valence-electron chi connectivity index (χ0n) is 3.32. The van der Waals surface area contributed by atoms with Gasteiger partial charge in [0.2, 0.25) is 0 Å². The van der Waals surface area contributed by atoms with Gasteiger partial charge in [-0.2, -0.15) is 0 Å². The van der Waals surface area contributed by atoms with Crippen molar-refractivity contribution in [3.63, 3.8) is 0 Å². The maximum atomic E-state index is 11.5. The van der Waals surface area contributed by atoms with Crippen molar-refractivity contribution in [3.05, 3.63) is 0 Å². The molecule has 3 N–H and O–H groups in total. The van der Waals surface area contributed by atoms with Gasteiger partial charge in [0.15, 0.2) is 0 Å². The molecule has 1 atom stereocenters. The van der Waals surface area contributed by atoms with Crippen LogP contribution in [0.5, 0.6) is 0 Å². The van der Waals surface area contributed by atoms with Crippen LogP contribution in [-0.4, -0.2) is 18.9 Å². The highest BCUT2D eigenvalue weighted by Gasteiger charge is 1.91. The minimum atomic E-state index is -1.25. The molecule has 0 saturated carbocycles. The summed E-state index contributed by atoms with van der Waals surface area (Å²) in [5.41, 5.74) is 4.76. The van der Waals surface area contributed by atoms with Crippen molar-refractivity contribution in [1.82, 2.24) is 0 Å². The Kier molecular flexibility index (Phi) is 2.58. The maximum absolute atomic E-state index is 11.5. The van der Waals surface area contributed by atoms with Gasteiger partial charge in [-0.05, 0) is 0 Å². The molecule has 0 fully saturated rings. The summed E-state index contributed by atoms with van der Waals surface area (Å²) in [5, 5.41) is 6.23. The Balaban J connectivity index is 2.96. The van der Waals surface area contributed by atoms with Crippen molar-refractivity contribution in [2.75, 3.05) is 6.54 Å². The highest BCUT2D eigenvalue weighted by atomic mass is 19.1. The fourth-order valence-electron chi connectivity index (χ4n) is 0.0680. The van der Waals surface area contributed by atoms with E-state index in [1.54, 1.807) is 0 Å². The molecule has 0 amide bonds. The van der Waals surface area contributed by atoms with Crippen molar-refractivity contribution < 1.29 is 4.39 Å². The van der Waals surface area contributed by atoms with E-state index < -0.39 is 6.17 Å². The zero-order chi connectivity index (χ0) is 4.99. The normalized spacial score (nSPS) is 13.7. The number of rotatable bonds is 2. The third-order valence-corrected chi connectivity index (χ3v) is 0.406. The average Bonchev–Trinajstić information content (AvgIpc) is 1.65. The lowest BCUT2D eigenvalue weighted by Gasteiger charge is -1.88. The first-order valence-electron chi connectivity index (χ1n) is 1.66. The van der Waals surface area contributed by atoms with E-state index in [2.05, 4.69) is 0 Å². The SMILES string of the molecule is N=C[C@@H](F)CN. The van der Waals surface area contributed by atoms with Gasteiger partial charge in [-0.15, -0.1) is 0 Å². The second-order valence-electron chi connectivity index (χ2n) is 0.918. The minimum Gasteiger partial charge on any atom is -0.327 e. The maximum Gasteiger partial charge on any atom is 0.147 e. The van der Waals surface area contributed by atoms with Crippen LogP contribution >= 0.6 is 0 Å². The molecular weight excluding hydrogens is 83.0 g/mol. The Morgan fingerprint density at radius 3 is 2.50 bits per heavy atom. The van der Waals surface area contributed by atoms with Crippen LogP contribution in [0.2, 0.25) is 0 Å². The summed E-state index contributed by atoms with van der Waals surface area (Å²) in [5.74, 6) is 0. The number of hydrogen-bond donors (Lipinski definition) is 2. The molecule has 2 nitrogen and oxygen atoms in total. The van der Waals surface area contributed by atoms with Crippen molar-refractivity contribution in [3.8, 4) is 0 Å². The lowest BCUT2D eigenvalue weighted by molar-refractivity contribution is 0.437. The highest BCUT2D eigenvalue weighted by Crippen LogP contribution is 1.75.